The molecule has 122 valence electrons. The van der Waals surface area contributed by atoms with Gasteiger partial charge in [-0.05, 0) is 18.4 Å². The molecular formula is C16H25N3O3. The van der Waals surface area contributed by atoms with Crippen LogP contribution in [0.25, 0.3) is 0 Å². The van der Waals surface area contributed by atoms with Gasteiger partial charge in [0.1, 0.15) is 0 Å². The van der Waals surface area contributed by atoms with Gasteiger partial charge in [0.05, 0.1) is 13.1 Å². The second-order valence-corrected chi connectivity index (χ2v) is 4.98. The molecule has 1 aromatic carbocycles. The van der Waals surface area contributed by atoms with Gasteiger partial charge < -0.3 is 20.7 Å². The van der Waals surface area contributed by atoms with E-state index in [2.05, 4.69) is 5.32 Å². The number of carbonyl (C=O) groups is 2. The molecule has 6 nitrogen and oxygen atoms in total. The molecule has 0 fully saturated rings. The van der Waals surface area contributed by atoms with Gasteiger partial charge >= 0.3 is 0 Å². The van der Waals surface area contributed by atoms with Gasteiger partial charge in [0.25, 0.3) is 0 Å². The van der Waals surface area contributed by atoms with Crippen molar-refractivity contribution in [2.24, 2.45) is 5.73 Å². The minimum atomic E-state index is -0.326. The van der Waals surface area contributed by atoms with Crippen molar-refractivity contribution in [3.63, 3.8) is 0 Å². The summed E-state index contributed by atoms with van der Waals surface area (Å²) in [6.45, 7) is 1.71. The molecule has 0 aliphatic rings. The predicted octanol–water partition coefficient (Wildman–Crippen LogP) is 0.517. The summed E-state index contributed by atoms with van der Waals surface area (Å²) >= 11 is 0. The number of hydrogen-bond donors (Lipinski definition) is 2. The van der Waals surface area contributed by atoms with Crippen molar-refractivity contribution in [3.05, 3.63) is 35.9 Å². The molecule has 0 saturated heterocycles. The Morgan fingerprint density at radius 3 is 2.59 bits per heavy atom. The van der Waals surface area contributed by atoms with E-state index in [4.69, 9.17) is 10.5 Å². The van der Waals surface area contributed by atoms with Gasteiger partial charge in [0.15, 0.2) is 0 Å². The van der Waals surface area contributed by atoms with E-state index in [0.29, 0.717) is 19.7 Å². The second-order valence-electron chi connectivity index (χ2n) is 4.98. The first kappa shape index (κ1) is 18.1. The number of benzene rings is 1. The molecule has 0 heterocycles. The molecule has 3 N–H and O–H groups in total. The van der Waals surface area contributed by atoms with Gasteiger partial charge in [0.2, 0.25) is 11.8 Å². The van der Waals surface area contributed by atoms with E-state index in [0.717, 1.165) is 18.4 Å². The first-order valence-electron chi connectivity index (χ1n) is 7.44. The van der Waals surface area contributed by atoms with E-state index in [1.54, 1.807) is 12.0 Å². The highest BCUT2D eigenvalue weighted by Crippen LogP contribution is 2.06. The highest BCUT2D eigenvalue weighted by Gasteiger charge is 2.14. The average molecular weight is 307 g/mol. The summed E-state index contributed by atoms with van der Waals surface area (Å²) in [5.41, 5.74) is 6.28. The maximum atomic E-state index is 12.3. The number of methoxy groups -OCH3 is 1. The van der Waals surface area contributed by atoms with Crippen LogP contribution in [0.1, 0.15) is 18.4 Å². The van der Waals surface area contributed by atoms with Gasteiger partial charge in [-0.15, -0.1) is 0 Å². The van der Waals surface area contributed by atoms with Crippen LogP contribution in [0.5, 0.6) is 0 Å². The molecule has 0 aliphatic carbocycles. The molecule has 2 amide bonds. The lowest BCUT2D eigenvalue weighted by molar-refractivity contribution is -0.133. The van der Waals surface area contributed by atoms with Gasteiger partial charge in [0, 0.05) is 26.8 Å². The largest absolute Gasteiger partial charge is 0.385 e. The molecule has 0 saturated carbocycles. The fraction of sp³-hybridized carbons (Fsp3) is 0.500. The van der Waals surface area contributed by atoms with Gasteiger partial charge in [-0.25, -0.2) is 0 Å². The predicted molar refractivity (Wildman–Crippen MR) is 85.0 cm³/mol. The number of hydrogen-bond acceptors (Lipinski definition) is 4. The number of ether oxygens (including phenoxy) is 1. The lowest BCUT2D eigenvalue weighted by Gasteiger charge is -2.23. The molecule has 22 heavy (non-hydrogen) atoms. The Kier molecular flexibility index (Phi) is 8.86. The lowest BCUT2D eigenvalue weighted by atomic mass is 10.2. The third-order valence-electron chi connectivity index (χ3n) is 3.22. The number of unbranched alkanes of at least 4 members (excludes halogenated alkanes) is 1. The summed E-state index contributed by atoms with van der Waals surface area (Å²) < 4.78 is 5.02. The van der Waals surface area contributed by atoms with Crippen LogP contribution >= 0.6 is 0 Å². The average Bonchev–Trinajstić information content (AvgIpc) is 2.56. The summed E-state index contributed by atoms with van der Waals surface area (Å²) in [6, 6.07) is 9.79. The molecule has 0 unspecified atom stereocenters. The molecule has 1 aromatic rings. The standard InChI is InChI=1S/C16H25N3O3/c1-22-10-6-5-9-19(13-14-7-3-2-4-8-14)16(21)12-18-15(20)11-17/h2-4,7-8H,5-6,9-13,17H2,1H3,(H,18,20). The van der Waals surface area contributed by atoms with Crippen LogP contribution in [-0.4, -0.2) is 50.1 Å². The van der Waals surface area contributed by atoms with Gasteiger partial charge in [-0.1, -0.05) is 30.3 Å². The van der Waals surface area contributed by atoms with Crippen molar-refractivity contribution in [2.45, 2.75) is 19.4 Å². The van der Waals surface area contributed by atoms with Crippen molar-refractivity contribution >= 4 is 11.8 Å². The van der Waals surface area contributed by atoms with E-state index in [1.165, 1.54) is 0 Å². The Hall–Kier alpha value is -1.92. The fourth-order valence-corrected chi connectivity index (χ4v) is 2.00. The van der Waals surface area contributed by atoms with E-state index < -0.39 is 0 Å². The molecule has 0 aliphatic heterocycles. The first-order valence-corrected chi connectivity index (χ1v) is 7.44. The minimum Gasteiger partial charge on any atom is -0.385 e. The normalized spacial score (nSPS) is 10.3. The molecule has 0 spiro atoms. The smallest absolute Gasteiger partial charge is 0.242 e. The zero-order chi connectivity index (χ0) is 16.2. The van der Waals surface area contributed by atoms with Crippen LogP contribution in [0.3, 0.4) is 0 Å². The SMILES string of the molecule is COCCCCN(Cc1ccccc1)C(=O)CNC(=O)CN. The third-order valence-corrected chi connectivity index (χ3v) is 3.22. The van der Waals surface area contributed by atoms with Crippen molar-refractivity contribution in [1.29, 1.82) is 0 Å². The van der Waals surface area contributed by atoms with E-state index >= 15 is 0 Å². The summed E-state index contributed by atoms with van der Waals surface area (Å²) in [6.07, 6.45) is 1.75. The summed E-state index contributed by atoms with van der Waals surface area (Å²) in [5, 5.41) is 2.52. The monoisotopic (exact) mass is 307 g/mol. The minimum absolute atomic E-state index is 0.0207. The quantitative estimate of drug-likeness (QED) is 0.617. The Bertz CT molecular complexity index is 451. The van der Waals surface area contributed by atoms with E-state index in [-0.39, 0.29) is 24.9 Å². The van der Waals surface area contributed by atoms with Crippen molar-refractivity contribution < 1.29 is 14.3 Å². The van der Waals surface area contributed by atoms with Crippen LogP contribution in [0.15, 0.2) is 30.3 Å². The molecule has 0 bridgehead atoms. The van der Waals surface area contributed by atoms with E-state index in [9.17, 15) is 9.59 Å². The number of carbonyl (C=O) groups excluding carboxylic acids is 2. The Morgan fingerprint density at radius 1 is 1.23 bits per heavy atom. The Morgan fingerprint density at radius 2 is 1.95 bits per heavy atom. The van der Waals surface area contributed by atoms with Crippen LogP contribution < -0.4 is 11.1 Å². The Balaban J connectivity index is 2.56. The van der Waals surface area contributed by atoms with Crippen molar-refractivity contribution in [2.75, 3.05) is 33.4 Å². The lowest BCUT2D eigenvalue weighted by Crippen LogP contribution is -2.42. The zero-order valence-corrected chi connectivity index (χ0v) is 13.1. The Labute approximate surface area is 131 Å². The summed E-state index contributed by atoms with van der Waals surface area (Å²) in [5.74, 6) is -0.435. The zero-order valence-electron chi connectivity index (χ0n) is 13.1. The second kappa shape index (κ2) is 10.8. The number of nitrogens with zero attached hydrogens (tertiary/aromatic N) is 1. The number of amides is 2. The highest BCUT2D eigenvalue weighted by atomic mass is 16.5. The molecule has 6 heteroatoms. The molecule has 0 aromatic heterocycles. The molecule has 0 radical (unpaired) electrons. The topological polar surface area (TPSA) is 84.7 Å². The number of nitrogens with two attached hydrogens (primary N) is 1. The maximum Gasteiger partial charge on any atom is 0.242 e. The number of rotatable bonds is 10. The van der Waals surface area contributed by atoms with Crippen molar-refractivity contribution in [3.8, 4) is 0 Å². The summed E-state index contributed by atoms with van der Waals surface area (Å²) in [4.78, 5) is 25.2. The van der Waals surface area contributed by atoms with Crippen LogP contribution in [0.4, 0.5) is 0 Å². The van der Waals surface area contributed by atoms with Crippen LogP contribution in [0.2, 0.25) is 0 Å². The molecular weight excluding hydrogens is 282 g/mol. The van der Waals surface area contributed by atoms with Crippen LogP contribution in [-0.2, 0) is 20.9 Å². The molecule has 1 rings (SSSR count). The maximum absolute atomic E-state index is 12.3. The van der Waals surface area contributed by atoms with E-state index in [1.807, 2.05) is 30.3 Å². The fourth-order valence-electron chi connectivity index (χ4n) is 2.00. The van der Waals surface area contributed by atoms with Crippen LogP contribution in [0, 0.1) is 0 Å². The van der Waals surface area contributed by atoms with Crippen molar-refractivity contribution in [1.82, 2.24) is 10.2 Å². The van der Waals surface area contributed by atoms with Gasteiger partial charge in [-0.3, -0.25) is 9.59 Å². The van der Waals surface area contributed by atoms with Gasteiger partial charge in [-0.2, -0.15) is 0 Å². The summed E-state index contributed by atoms with van der Waals surface area (Å²) in [7, 11) is 1.66. The molecule has 0 atom stereocenters. The third kappa shape index (κ3) is 7.19. The highest BCUT2D eigenvalue weighted by molar-refractivity contribution is 5.85. The first-order chi connectivity index (χ1) is 10.7. The number of nitrogens with one attached hydrogen (secondary N) is 1.